The first-order chi connectivity index (χ1) is 19.9. The molecule has 2 aromatic carbocycles. The van der Waals surface area contributed by atoms with Crippen LogP contribution < -0.4 is 19.5 Å². The number of methoxy groups -OCH3 is 2. The maximum absolute atomic E-state index is 14.4. The molecule has 3 heterocycles. The summed E-state index contributed by atoms with van der Waals surface area (Å²) in [5.74, 6) is 0.957. The van der Waals surface area contributed by atoms with Crippen molar-refractivity contribution in [3.8, 4) is 17.2 Å². The topological polar surface area (TPSA) is 107 Å². The number of para-hydroxylation sites is 1. The number of thiophene rings is 1. The second-order valence-electron chi connectivity index (χ2n) is 9.74. The minimum absolute atomic E-state index is 0.0555. The summed E-state index contributed by atoms with van der Waals surface area (Å²) in [5.41, 5.74) is 2.13. The summed E-state index contributed by atoms with van der Waals surface area (Å²) < 4.78 is 47.4. The van der Waals surface area contributed by atoms with Crippen LogP contribution in [0, 0.1) is 0 Å². The molecule has 5 rings (SSSR count). The van der Waals surface area contributed by atoms with Crippen molar-refractivity contribution in [2.24, 2.45) is 0 Å². The number of carbonyl (C=O) groups is 1. The monoisotopic (exact) mass is 595 g/mol. The van der Waals surface area contributed by atoms with Crippen molar-refractivity contribution >= 4 is 38.2 Å². The molecule has 216 valence electrons. The zero-order valence-corrected chi connectivity index (χ0v) is 24.7. The van der Waals surface area contributed by atoms with Crippen LogP contribution in [0.15, 0.2) is 70.4 Å². The third-order valence-corrected chi connectivity index (χ3v) is 9.73. The number of carbonyl (C=O) groups excluding carboxylic acids is 1. The second kappa shape index (κ2) is 12.9. The molecule has 0 aliphatic carbocycles. The van der Waals surface area contributed by atoms with Crippen LogP contribution in [0.1, 0.15) is 30.4 Å². The van der Waals surface area contributed by atoms with E-state index in [1.54, 1.807) is 41.8 Å². The first kappa shape index (κ1) is 28.8. The molecule has 11 heteroatoms. The third-order valence-electron chi connectivity index (χ3n) is 7.11. The van der Waals surface area contributed by atoms with Crippen LogP contribution in [-0.4, -0.2) is 57.0 Å². The molecule has 1 amide bonds. The van der Waals surface area contributed by atoms with Gasteiger partial charge in [0.25, 0.3) is 0 Å². The van der Waals surface area contributed by atoms with Crippen LogP contribution in [0.2, 0.25) is 0 Å². The van der Waals surface area contributed by atoms with E-state index >= 15 is 0 Å². The Morgan fingerprint density at radius 1 is 1.05 bits per heavy atom. The fraction of sp³-hybridized carbons (Fsp3) is 0.333. The first-order valence-electron chi connectivity index (χ1n) is 13.4. The van der Waals surface area contributed by atoms with Gasteiger partial charge in [0.1, 0.15) is 10.9 Å². The number of rotatable bonds is 11. The molecule has 41 heavy (non-hydrogen) atoms. The summed E-state index contributed by atoms with van der Waals surface area (Å²) in [4.78, 5) is 17.6. The van der Waals surface area contributed by atoms with Crippen molar-refractivity contribution in [3.05, 3.63) is 76.6 Å². The number of sulfonamides is 1. The Kier molecular flexibility index (Phi) is 9.06. The highest BCUT2D eigenvalue weighted by Gasteiger charge is 2.38. The Hall–Kier alpha value is -3.67. The lowest BCUT2D eigenvalue weighted by molar-refractivity contribution is -0.124. The fourth-order valence-electron chi connectivity index (χ4n) is 5.02. The van der Waals surface area contributed by atoms with Gasteiger partial charge in [-0.1, -0.05) is 18.2 Å². The number of pyridine rings is 1. The lowest BCUT2D eigenvalue weighted by atomic mass is 10.1. The molecule has 2 aromatic heterocycles. The van der Waals surface area contributed by atoms with Crippen LogP contribution in [-0.2, 0) is 27.8 Å². The highest BCUT2D eigenvalue weighted by molar-refractivity contribution is 7.89. The Balaban J connectivity index is 1.53. The molecule has 1 atom stereocenters. The summed E-state index contributed by atoms with van der Waals surface area (Å²) in [6.07, 6.45) is 4.19. The molecular weight excluding hydrogens is 562 g/mol. The van der Waals surface area contributed by atoms with E-state index in [9.17, 15) is 13.2 Å². The first-order valence-corrected chi connectivity index (χ1v) is 15.8. The SMILES string of the molecule is COc1cc(CN([C@H]2CCCCNC2=O)S(=O)(=O)c2cccc3cccnc23)cc(OC)c1OCCc1ccsc1. The minimum Gasteiger partial charge on any atom is -0.493 e. The third kappa shape index (κ3) is 6.32. The van der Waals surface area contributed by atoms with Crippen LogP contribution >= 0.6 is 11.3 Å². The summed E-state index contributed by atoms with van der Waals surface area (Å²) in [5, 5.41) is 7.68. The number of ether oxygens (including phenoxy) is 3. The van der Waals surface area contributed by atoms with Crippen LogP contribution in [0.3, 0.4) is 0 Å². The molecule has 1 saturated heterocycles. The maximum atomic E-state index is 14.4. The quantitative estimate of drug-likeness (QED) is 0.266. The predicted octanol–water partition coefficient (Wildman–Crippen LogP) is 4.79. The van der Waals surface area contributed by atoms with Crippen molar-refractivity contribution in [2.45, 2.75) is 43.2 Å². The highest BCUT2D eigenvalue weighted by atomic mass is 32.2. The molecule has 1 aliphatic rings. The van der Waals surface area contributed by atoms with Gasteiger partial charge in [-0.2, -0.15) is 15.6 Å². The van der Waals surface area contributed by atoms with E-state index in [0.29, 0.717) is 59.7 Å². The molecule has 9 nitrogen and oxygen atoms in total. The van der Waals surface area contributed by atoms with Gasteiger partial charge in [-0.25, -0.2) is 8.42 Å². The number of hydrogen-bond acceptors (Lipinski definition) is 8. The summed E-state index contributed by atoms with van der Waals surface area (Å²) in [7, 11) is -1.11. The largest absolute Gasteiger partial charge is 0.493 e. The number of amides is 1. The number of fused-ring (bicyclic) bond motifs is 1. The fourth-order valence-corrected chi connectivity index (χ4v) is 7.50. The Labute approximate surface area is 244 Å². The average molecular weight is 596 g/mol. The number of nitrogens with zero attached hydrogens (tertiary/aromatic N) is 2. The molecule has 4 aromatic rings. The smallest absolute Gasteiger partial charge is 0.246 e. The van der Waals surface area contributed by atoms with E-state index < -0.39 is 16.1 Å². The number of hydrogen-bond donors (Lipinski definition) is 1. The van der Waals surface area contributed by atoms with Crippen molar-refractivity contribution in [1.82, 2.24) is 14.6 Å². The maximum Gasteiger partial charge on any atom is 0.246 e. The molecule has 0 unspecified atom stereocenters. The molecule has 0 radical (unpaired) electrons. The van der Waals surface area contributed by atoms with E-state index in [4.69, 9.17) is 14.2 Å². The van der Waals surface area contributed by atoms with E-state index in [1.165, 1.54) is 30.2 Å². The van der Waals surface area contributed by atoms with Gasteiger partial charge in [-0.15, -0.1) is 0 Å². The van der Waals surface area contributed by atoms with Gasteiger partial charge in [0.05, 0.1) is 26.3 Å². The van der Waals surface area contributed by atoms with E-state index in [0.717, 1.165) is 12.8 Å². The summed E-state index contributed by atoms with van der Waals surface area (Å²) in [6, 6.07) is 13.3. The lowest BCUT2D eigenvalue weighted by Gasteiger charge is -2.30. The Morgan fingerprint density at radius 2 is 1.83 bits per heavy atom. The van der Waals surface area contributed by atoms with Gasteiger partial charge in [-0.05, 0) is 71.5 Å². The zero-order valence-electron chi connectivity index (χ0n) is 23.0. The number of nitrogens with one attached hydrogen (secondary N) is 1. The molecule has 1 fully saturated rings. The predicted molar refractivity (Wildman–Crippen MR) is 158 cm³/mol. The molecule has 1 aliphatic heterocycles. The van der Waals surface area contributed by atoms with E-state index in [-0.39, 0.29) is 17.3 Å². The highest BCUT2D eigenvalue weighted by Crippen LogP contribution is 2.40. The molecule has 0 bridgehead atoms. The molecule has 0 saturated carbocycles. The normalized spacial score (nSPS) is 15.9. The number of benzene rings is 2. The van der Waals surface area contributed by atoms with Crippen LogP contribution in [0.5, 0.6) is 17.2 Å². The van der Waals surface area contributed by atoms with E-state index in [1.807, 2.05) is 17.5 Å². The lowest BCUT2D eigenvalue weighted by Crippen LogP contribution is -2.48. The Bertz CT molecular complexity index is 1580. The molecule has 0 spiro atoms. The van der Waals surface area contributed by atoms with Gasteiger partial charge >= 0.3 is 0 Å². The van der Waals surface area contributed by atoms with Crippen molar-refractivity contribution in [3.63, 3.8) is 0 Å². The summed E-state index contributed by atoms with van der Waals surface area (Å²) in [6.45, 7) is 0.850. The van der Waals surface area contributed by atoms with Gasteiger partial charge < -0.3 is 19.5 Å². The van der Waals surface area contributed by atoms with Gasteiger partial charge in [0.15, 0.2) is 11.5 Å². The molecular formula is C30H33N3O6S2. The van der Waals surface area contributed by atoms with Crippen molar-refractivity contribution in [1.29, 1.82) is 0 Å². The van der Waals surface area contributed by atoms with Gasteiger partial charge in [0.2, 0.25) is 21.7 Å². The summed E-state index contributed by atoms with van der Waals surface area (Å²) >= 11 is 1.63. The second-order valence-corrected chi connectivity index (χ2v) is 12.4. The molecule has 1 N–H and O–H groups in total. The Morgan fingerprint density at radius 3 is 2.56 bits per heavy atom. The van der Waals surface area contributed by atoms with Gasteiger partial charge in [-0.3, -0.25) is 9.78 Å². The van der Waals surface area contributed by atoms with Crippen LogP contribution in [0.4, 0.5) is 0 Å². The minimum atomic E-state index is -4.17. The zero-order chi connectivity index (χ0) is 28.8. The standard InChI is InChI=1S/C30H33N3O6S2/c1-37-25-17-22(18-26(38-2)29(25)39-15-11-21-12-16-40-20-21)19-33(24-9-3-4-13-32-30(24)34)41(35,36)27-10-5-7-23-8-6-14-31-28(23)27/h5-8,10,12,14,16-18,20,24H,3-4,9,11,13,15,19H2,1-2H3,(H,32,34)/t24-/m0/s1. The van der Waals surface area contributed by atoms with Crippen LogP contribution in [0.25, 0.3) is 10.9 Å². The van der Waals surface area contributed by atoms with Crippen molar-refractivity contribution < 1.29 is 27.4 Å². The average Bonchev–Trinajstić information content (AvgIpc) is 3.42. The van der Waals surface area contributed by atoms with Crippen molar-refractivity contribution in [2.75, 3.05) is 27.4 Å². The van der Waals surface area contributed by atoms with Gasteiger partial charge in [0, 0.05) is 31.1 Å². The van der Waals surface area contributed by atoms with E-state index in [2.05, 4.69) is 21.7 Å². The number of aromatic nitrogens is 1.